The molecule has 3 N–H and O–H groups in total. The van der Waals surface area contributed by atoms with Crippen molar-refractivity contribution in [2.75, 3.05) is 6.54 Å². The predicted octanol–water partition coefficient (Wildman–Crippen LogP) is 2.03. The van der Waals surface area contributed by atoms with Gasteiger partial charge in [-0.15, -0.1) is 0 Å². The third-order valence-electron chi connectivity index (χ3n) is 8.16. The van der Waals surface area contributed by atoms with Gasteiger partial charge in [0.1, 0.15) is 18.1 Å². The van der Waals surface area contributed by atoms with E-state index in [-0.39, 0.29) is 36.1 Å². The summed E-state index contributed by atoms with van der Waals surface area (Å²) in [6, 6.07) is -1.77. The highest BCUT2D eigenvalue weighted by molar-refractivity contribution is 5.95. The van der Waals surface area contributed by atoms with Crippen LogP contribution >= 0.6 is 0 Å². The van der Waals surface area contributed by atoms with E-state index in [4.69, 9.17) is 4.74 Å². The van der Waals surface area contributed by atoms with Crippen LogP contribution in [0, 0.1) is 34.5 Å². The molecule has 0 bridgehead atoms. The van der Waals surface area contributed by atoms with Crippen molar-refractivity contribution in [2.24, 2.45) is 23.2 Å². The molecule has 3 unspecified atom stereocenters. The molecule has 2 saturated heterocycles. The lowest BCUT2D eigenvalue weighted by Gasteiger charge is -2.36. The maximum Gasteiger partial charge on any atom is 0.471 e. The lowest BCUT2D eigenvalue weighted by Crippen LogP contribution is -2.61. The first kappa shape index (κ1) is 31.6. The Balaban J connectivity index is 1.83. The molecule has 7 atom stereocenters. The summed E-state index contributed by atoms with van der Waals surface area (Å²) in [5.41, 5.74) is -1.59. The van der Waals surface area contributed by atoms with E-state index in [1.165, 1.54) is 11.8 Å². The van der Waals surface area contributed by atoms with Gasteiger partial charge in [0, 0.05) is 18.0 Å². The number of fused-ring (bicyclic) bond motifs is 1. The normalized spacial score (nSPS) is 28.9. The number of likely N-dealkylation sites (tertiary alicyclic amines) is 1. The van der Waals surface area contributed by atoms with Gasteiger partial charge in [-0.2, -0.15) is 18.4 Å². The zero-order valence-corrected chi connectivity index (χ0v) is 24.2. The van der Waals surface area contributed by atoms with E-state index in [0.717, 1.165) is 0 Å². The molecular weight excluding hydrogens is 531 g/mol. The van der Waals surface area contributed by atoms with Crippen molar-refractivity contribution < 1.29 is 37.1 Å². The van der Waals surface area contributed by atoms with Crippen molar-refractivity contribution in [3.63, 3.8) is 0 Å². The molecule has 4 amide bonds. The standard InChI is InChI=1S/C27H40F3N5O5/c1-13(40-24(2,3)4)18(33-23(39)27(28,29)30)22(38)35-12-16-17(26(16,7)8)19(35)21(37)32-15(11-31)9-14-10-25(5,6)34-20(14)36/h13-19H,9-10,12H2,1-8H3,(H,32,37)(H,33,39)(H,34,36)/t13-,14-,15+,16?,17?,18+,19?/m1/s1. The second-order valence-corrected chi connectivity index (χ2v) is 13.5. The van der Waals surface area contributed by atoms with Gasteiger partial charge in [0.05, 0.1) is 17.8 Å². The maximum absolute atomic E-state index is 13.7. The molecule has 40 heavy (non-hydrogen) atoms. The number of alkyl halides is 3. The largest absolute Gasteiger partial charge is 0.471 e. The Labute approximate surface area is 232 Å². The van der Waals surface area contributed by atoms with Crippen molar-refractivity contribution in [3.05, 3.63) is 0 Å². The lowest BCUT2D eigenvalue weighted by molar-refractivity contribution is -0.177. The Kier molecular flexibility index (Phi) is 8.31. The van der Waals surface area contributed by atoms with Gasteiger partial charge in [0.2, 0.25) is 17.7 Å². The van der Waals surface area contributed by atoms with Crippen LogP contribution in [0.1, 0.15) is 68.2 Å². The highest BCUT2D eigenvalue weighted by Crippen LogP contribution is 2.65. The number of carbonyl (C=O) groups is 4. The number of nitrogens with one attached hydrogen (secondary N) is 3. The zero-order chi connectivity index (χ0) is 30.6. The van der Waals surface area contributed by atoms with Crippen LogP contribution in [0.5, 0.6) is 0 Å². The number of amides is 4. The molecule has 0 spiro atoms. The van der Waals surface area contributed by atoms with E-state index >= 15 is 0 Å². The van der Waals surface area contributed by atoms with Gasteiger partial charge >= 0.3 is 12.1 Å². The molecule has 2 heterocycles. The number of hydrogen-bond donors (Lipinski definition) is 3. The fraction of sp³-hybridized carbons (Fsp3) is 0.815. The molecule has 3 fully saturated rings. The molecule has 10 nitrogen and oxygen atoms in total. The Morgan fingerprint density at radius 2 is 1.77 bits per heavy atom. The van der Waals surface area contributed by atoms with E-state index in [0.29, 0.717) is 6.42 Å². The number of piperidine rings is 1. The van der Waals surface area contributed by atoms with Crippen LogP contribution < -0.4 is 16.0 Å². The Hall–Kier alpha value is -2.88. The molecule has 3 rings (SSSR count). The zero-order valence-electron chi connectivity index (χ0n) is 24.2. The number of ether oxygens (including phenoxy) is 1. The Morgan fingerprint density at radius 3 is 2.25 bits per heavy atom. The summed E-state index contributed by atoms with van der Waals surface area (Å²) in [6.45, 7) is 14.1. The summed E-state index contributed by atoms with van der Waals surface area (Å²) in [5, 5.41) is 17.0. The Bertz CT molecular complexity index is 1090. The van der Waals surface area contributed by atoms with Gasteiger partial charge in [0.15, 0.2) is 0 Å². The van der Waals surface area contributed by atoms with Crippen LogP contribution in [0.2, 0.25) is 0 Å². The fourth-order valence-electron chi connectivity index (χ4n) is 6.29. The number of nitrogens with zero attached hydrogens (tertiary/aromatic N) is 2. The van der Waals surface area contributed by atoms with Gasteiger partial charge < -0.3 is 25.6 Å². The summed E-state index contributed by atoms with van der Waals surface area (Å²) in [6.07, 6.45) is -5.81. The molecule has 0 aromatic rings. The molecule has 0 aromatic heterocycles. The molecule has 13 heteroatoms. The number of rotatable bonds is 8. The van der Waals surface area contributed by atoms with Gasteiger partial charge in [0.25, 0.3) is 0 Å². The van der Waals surface area contributed by atoms with Gasteiger partial charge in [-0.1, -0.05) is 13.8 Å². The number of nitriles is 1. The second kappa shape index (κ2) is 10.5. The van der Waals surface area contributed by atoms with Crippen LogP contribution in [-0.4, -0.2) is 76.6 Å². The quantitative estimate of drug-likeness (QED) is 0.407. The first-order valence-electron chi connectivity index (χ1n) is 13.5. The van der Waals surface area contributed by atoms with Crippen molar-refractivity contribution >= 4 is 23.6 Å². The van der Waals surface area contributed by atoms with E-state index < -0.39 is 65.2 Å². The van der Waals surface area contributed by atoms with Crippen LogP contribution in [-0.2, 0) is 23.9 Å². The summed E-state index contributed by atoms with van der Waals surface area (Å²) in [4.78, 5) is 52.7. The summed E-state index contributed by atoms with van der Waals surface area (Å²) >= 11 is 0. The minimum absolute atomic E-state index is 0.0797. The van der Waals surface area contributed by atoms with Crippen LogP contribution in [0.4, 0.5) is 13.2 Å². The van der Waals surface area contributed by atoms with Crippen molar-refractivity contribution in [3.8, 4) is 6.07 Å². The van der Waals surface area contributed by atoms with E-state index in [2.05, 4.69) is 10.6 Å². The average molecular weight is 572 g/mol. The van der Waals surface area contributed by atoms with E-state index in [1.54, 1.807) is 26.1 Å². The molecule has 0 aromatic carbocycles. The molecule has 3 aliphatic rings. The molecule has 1 aliphatic carbocycles. The minimum Gasteiger partial charge on any atom is -0.370 e. The molecule has 224 valence electrons. The number of halogens is 3. The smallest absolute Gasteiger partial charge is 0.370 e. The van der Waals surface area contributed by atoms with Crippen LogP contribution in [0.15, 0.2) is 0 Å². The second-order valence-electron chi connectivity index (χ2n) is 13.5. The SMILES string of the molecule is C[C@@H](OC(C)(C)C)[C@H](NC(=O)C(F)(F)F)C(=O)N1CC2C(C1C(=O)N[C@H](C#N)C[C@@H]1CC(C)(C)NC1=O)C2(C)C. The van der Waals surface area contributed by atoms with E-state index in [9.17, 15) is 37.6 Å². The van der Waals surface area contributed by atoms with Crippen LogP contribution in [0.25, 0.3) is 0 Å². The molecular formula is C27H40F3N5O5. The van der Waals surface area contributed by atoms with Gasteiger partial charge in [-0.05, 0) is 71.6 Å². The lowest BCUT2D eigenvalue weighted by atomic mass is 9.91. The predicted molar refractivity (Wildman–Crippen MR) is 137 cm³/mol. The summed E-state index contributed by atoms with van der Waals surface area (Å²) in [7, 11) is 0. The monoisotopic (exact) mass is 571 g/mol. The highest BCUT2D eigenvalue weighted by Gasteiger charge is 2.70. The summed E-state index contributed by atoms with van der Waals surface area (Å²) < 4.78 is 45.2. The number of carbonyl (C=O) groups excluding carboxylic acids is 4. The van der Waals surface area contributed by atoms with E-state index in [1.807, 2.05) is 33.8 Å². The first-order chi connectivity index (χ1) is 18.1. The minimum atomic E-state index is -5.23. The maximum atomic E-state index is 13.7. The van der Waals surface area contributed by atoms with Crippen molar-refractivity contribution in [1.29, 1.82) is 5.26 Å². The highest BCUT2D eigenvalue weighted by atomic mass is 19.4. The fourth-order valence-corrected chi connectivity index (χ4v) is 6.29. The number of hydrogen-bond acceptors (Lipinski definition) is 6. The topological polar surface area (TPSA) is 141 Å². The van der Waals surface area contributed by atoms with Gasteiger partial charge in [-0.3, -0.25) is 19.2 Å². The first-order valence-corrected chi connectivity index (χ1v) is 13.5. The van der Waals surface area contributed by atoms with Crippen molar-refractivity contribution in [2.45, 2.75) is 110 Å². The van der Waals surface area contributed by atoms with Gasteiger partial charge in [-0.25, -0.2) is 0 Å². The molecule has 2 aliphatic heterocycles. The molecule has 1 saturated carbocycles. The third kappa shape index (κ3) is 6.70. The Morgan fingerprint density at radius 1 is 1.18 bits per heavy atom. The van der Waals surface area contributed by atoms with Crippen molar-refractivity contribution in [1.82, 2.24) is 20.9 Å². The molecule has 0 radical (unpaired) electrons. The third-order valence-corrected chi connectivity index (χ3v) is 8.16. The average Bonchev–Trinajstić information content (AvgIpc) is 3.08. The van der Waals surface area contributed by atoms with Crippen LogP contribution in [0.3, 0.4) is 0 Å². The summed E-state index contributed by atoms with van der Waals surface area (Å²) in [5.74, 6) is -4.86.